The third kappa shape index (κ3) is 6.75. The van der Waals surface area contributed by atoms with E-state index in [0.717, 1.165) is 5.56 Å². The smallest absolute Gasteiger partial charge is 0.408 e. The molecule has 4 nitrogen and oxygen atoms in total. The number of hydrogen-bond acceptors (Lipinski definition) is 3. The van der Waals surface area contributed by atoms with Crippen LogP contribution in [0.25, 0.3) is 0 Å². The van der Waals surface area contributed by atoms with Crippen molar-refractivity contribution in [3.05, 3.63) is 48.0 Å². The van der Waals surface area contributed by atoms with Crippen LogP contribution >= 0.6 is 0 Å². The van der Waals surface area contributed by atoms with Crippen LogP contribution in [-0.2, 0) is 9.53 Å². The number of ketones is 1. The maximum absolute atomic E-state index is 11.9. The molecule has 1 amide bonds. The Hall–Kier alpha value is -2.10. The van der Waals surface area contributed by atoms with Crippen LogP contribution in [0.1, 0.15) is 45.7 Å². The van der Waals surface area contributed by atoms with Crippen LogP contribution in [0, 0.1) is 0 Å². The summed E-state index contributed by atoms with van der Waals surface area (Å²) < 4.78 is 5.25. The second-order valence-electron chi connectivity index (χ2n) is 5.78. The summed E-state index contributed by atoms with van der Waals surface area (Å²) in [5.41, 5.74) is 0.305. The fourth-order valence-electron chi connectivity index (χ4n) is 1.84. The Morgan fingerprint density at radius 1 is 1.24 bits per heavy atom. The van der Waals surface area contributed by atoms with Gasteiger partial charge in [0.2, 0.25) is 0 Å². The molecule has 0 aromatic heterocycles. The highest BCUT2D eigenvalue weighted by Gasteiger charge is 2.21. The minimum Gasteiger partial charge on any atom is -0.444 e. The Kier molecular flexibility index (Phi) is 6.15. The van der Waals surface area contributed by atoms with Gasteiger partial charge in [0, 0.05) is 6.42 Å². The number of carbonyl (C=O) groups is 2. The van der Waals surface area contributed by atoms with E-state index >= 15 is 0 Å². The highest BCUT2D eigenvalue weighted by atomic mass is 16.6. The van der Waals surface area contributed by atoms with Crippen molar-refractivity contribution in [2.24, 2.45) is 0 Å². The fraction of sp³-hybridized carbons (Fsp3) is 0.412. The Bertz CT molecular complexity index is 501. The summed E-state index contributed by atoms with van der Waals surface area (Å²) in [5.74, 6) is -0.0394. The fourth-order valence-corrected chi connectivity index (χ4v) is 1.84. The topological polar surface area (TPSA) is 55.4 Å². The van der Waals surface area contributed by atoms with Gasteiger partial charge >= 0.3 is 6.09 Å². The predicted octanol–water partition coefficient (Wildman–Crippen LogP) is 3.79. The minimum absolute atomic E-state index is 0.0394. The molecule has 114 valence electrons. The molecule has 0 bridgehead atoms. The maximum atomic E-state index is 11.9. The van der Waals surface area contributed by atoms with Crippen LogP contribution < -0.4 is 5.32 Å². The maximum Gasteiger partial charge on any atom is 0.408 e. The highest BCUT2D eigenvalue weighted by Crippen LogP contribution is 2.18. The molecule has 1 N–H and O–H groups in total. The molecule has 0 radical (unpaired) electrons. The first kappa shape index (κ1) is 17.0. The summed E-state index contributed by atoms with van der Waals surface area (Å²) in [7, 11) is 0. The van der Waals surface area contributed by atoms with E-state index < -0.39 is 17.7 Å². The molecule has 0 saturated carbocycles. The van der Waals surface area contributed by atoms with Crippen molar-refractivity contribution in [3.63, 3.8) is 0 Å². The van der Waals surface area contributed by atoms with E-state index in [0.29, 0.717) is 0 Å². The highest BCUT2D eigenvalue weighted by molar-refractivity contribution is 5.90. The molecule has 0 fully saturated rings. The van der Waals surface area contributed by atoms with E-state index in [1.165, 1.54) is 6.08 Å². The molecule has 1 rings (SSSR count). The number of amides is 1. The first-order valence-electron chi connectivity index (χ1n) is 7.02. The van der Waals surface area contributed by atoms with Crippen molar-refractivity contribution in [1.82, 2.24) is 5.32 Å². The van der Waals surface area contributed by atoms with Gasteiger partial charge in [0.25, 0.3) is 0 Å². The minimum atomic E-state index is -0.571. The third-order valence-electron chi connectivity index (χ3n) is 2.65. The van der Waals surface area contributed by atoms with Gasteiger partial charge < -0.3 is 10.1 Å². The molecule has 21 heavy (non-hydrogen) atoms. The summed E-state index contributed by atoms with van der Waals surface area (Å²) in [6, 6.07) is 9.00. The van der Waals surface area contributed by atoms with Crippen molar-refractivity contribution >= 4 is 11.9 Å². The normalized spacial score (nSPS) is 13.0. The third-order valence-corrected chi connectivity index (χ3v) is 2.65. The summed E-state index contributed by atoms with van der Waals surface area (Å²) in [5, 5.41) is 2.76. The number of alkyl carbamates (subject to hydrolysis) is 1. The Morgan fingerprint density at radius 3 is 2.38 bits per heavy atom. The van der Waals surface area contributed by atoms with Crippen LogP contribution in [-0.4, -0.2) is 17.5 Å². The predicted molar refractivity (Wildman–Crippen MR) is 83.0 cm³/mol. The molecule has 0 aliphatic carbocycles. The van der Waals surface area contributed by atoms with Crippen molar-refractivity contribution in [2.75, 3.05) is 0 Å². The summed E-state index contributed by atoms with van der Waals surface area (Å²) in [6.45, 7) is 7.19. The number of nitrogens with one attached hydrogen (secondary N) is 1. The second-order valence-corrected chi connectivity index (χ2v) is 5.78. The largest absolute Gasteiger partial charge is 0.444 e. The molecule has 0 saturated heterocycles. The number of rotatable bonds is 5. The Balaban J connectivity index is 2.82. The molecule has 1 atom stereocenters. The van der Waals surface area contributed by atoms with Gasteiger partial charge in [0.15, 0.2) is 5.78 Å². The first-order chi connectivity index (χ1) is 9.81. The van der Waals surface area contributed by atoms with Crippen LogP contribution in [0.5, 0.6) is 0 Å². The Morgan fingerprint density at radius 2 is 1.86 bits per heavy atom. The Labute approximate surface area is 126 Å². The number of hydrogen-bond donors (Lipinski definition) is 1. The molecule has 0 unspecified atom stereocenters. The van der Waals surface area contributed by atoms with Crippen LogP contribution in [0.15, 0.2) is 42.5 Å². The SMILES string of the molecule is C/C=C/C(=O)C[C@H](NC(=O)OC(C)(C)C)c1ccccc1. The monoisotopic (exact) mass is 289 g/mol. The number of carbonyl (C=O) groups excluding carboxylic acids is 2. The van der Waals surface area contributed by atoms with Crippen LogP contribution in [0.2, 0.25) is 0 Å². The van der Waals surface area contributed by atoms with Gasteiger partial charge in [-0.1, -0.05) is 36.4 Å². The molecule has 0 heterocycles. The molecule has 0 aliphatic heterocycles. The molecular formula is C17H23NO3. The zero-order chi connectivity index (χ0) is 15.9. The lowest BCUT2D eigenvalue weighted by atomic mass is 10.0. The van der Waals surface area contributed by atoms with Gasteiger partial charge in [-0.3, -0.25) is 4.79 Å². The average Bonchev–Trinajstić information content (AvgIpc) is 2.37. The van der Waals surface area contributed by atoms with Crippen LogP contribution in [0.4, 0.5) is 4.79 Å². The zero-order valence-corrected chi connectivity index (χ0v) is 13.1. The van der Waals surface area contributed by atoms with E-state index in [4.69, 9.17) is 4.74 Å². The van der Waals surface area contributed by atoms with Gasteiger partial charge in [-0.2, -0.15) is 0 Å². The molecule has 0 aliphatic rings. The van der Waals surface area contributed by atoms with Gasteiger partial charge in [-0.25, -0.2) is 4.79 Å². The molecule has 4 heteroatoms. The van der Waals surface area contributed by atoms with Crippen molar-refractivity contribution in [3.8, 4) is 0 Å². The molecule has 1 aromatic carbocycles. The molecule has 1 aromatic rings. The zero-order valence-electron chi connectivity index (χ0n) is 13.1. The second kappa shape index (κ2) is 7.62. The summed E-state index contributed by atoms with van der Waals surface area (Å²) >= 11 is 0. The molecule has 0 spiro atoms. The summed E-state index contributed by atoms with van der Waals surface area (Å²) in [4.78, 5) is 23.7. The van der Waals surface area contributed by atoms with Crippen molar-refractivity contribution in [1.29, 1.82) is 0 Å². The van der Waals surface area contributed by atoms with Crippen molar-refractivity contribution in [2.45, 2.75) is 45.8 Å². The average molecular weight is 289 g/mol. The van der Waals surface area contributed by atoms with Gasteiger partial charge in [-0.05, 0) is 39.3 Å². The number of ether oxygens (including phenoxy) is 1. The van der Waals surface area contributed by atoms with E-state index in [1.54, 1.807) is 33.8 Å². The number of benzene rings is 1. The van der Waals surface area contributed by atoms with Gasteiger partial charge in [-0.15, -0.1) is 0 Å². The van der Waals surface area contributed by atoms with E-state index in [9.17, 15) is 9.59 Å². The van der Waals surface area contributed by atoms with Gasteiger partial charge in [0.1, 0.15) is 5.60 Å². The standard InChI is InChI=1S/C17H23NO3/c1-5-9-14(19)12-15(13-10-7-6-8-11-13)18-16(20)21-17(2,3)4/h5-11,15H,12H2,1-4H3,(H,18,20)/b9-5+/t15-/m0/s1. The lowest BCUT2D eigenvalue weighted by molar-refractivity contribution is -0.115. The quantitative estimate of drug-likeness (QED) is 0.839. The molecular weight excluding hydrogens is 266 g/mol. The van der Waals surface area contributed by atoms with Gasteiger partial charge in [0.05, 0.1) is 6.04 Å². The van der Waals surface area contributed by atoms with E-state index in [2.05, 4.69) is 5.32 Å². The number of allylic oxidation sites excluding steroid dienone is 2. The van der Waals surface area contributed by atoms with Crippen LogP contribution in [0.3, 0.4) is 0 Å². The van der Waals surface area contributed by atoms with E-state index in [1.807, 2.05) is 30.3 Å². The summed E-state index contributed by atoms with van der Waals surface area (Å²) in [6.07, 6.45) is 2.88. The van der Waals surface area contributed by atoms with Crippen molar-refractivity contribution < 1.29 is 14.3 Å². The van der Waals surface area contributed by atoms with E-state index in [-0.39, 0.29) is 12.2 Å². The lowest BCUT2D eigenvalue weighted by Gasteiger charge is -2.23. The first-order valence-corrected chi connectivity index (χ1v) is 7.02. The lowest BCUT2D eigenvalue weighted by Crippen LogP contribution is -2.35.